The number of imidazole rings is 1. The lowest BCUT2D eigenvalue weighted by atomic mass is 9.84. The molecule has 3 heterocycles. The van der Waals surface area contributed by atoms with E-state index in [1.165, 1.54) is 4.90 Å². The van der Waals surface area contributed by atoms with Crippen LogP contribution in [0.2, 0.25) is 0 Å². The highest BCUT2D eigenvalue weighted by atomic mass is 16.2. The van der Waals surface area contributed by atoms with Gasteiger partial charge in [0, 0.05) is 39.2 Å². The molecule has 0 aliphatic carbocycles. The summed E-state index contributed by atoms with van der Waals surface area (Å²) in [5.41, 5.74) is 3.27. The molecule has 0 atom stereocenters. The number of rotatable bonds is 2. The molecule has 0 unspecified atom stereocenters. The van der Waals surface area contributed by atoms with Crippen molar-refractivity contribution in [3.8, 4) is 0 Å². The van der Waals surface area contributed by atoms with Gasteiger partial charge in [-0.15, -0.1) is 0 Å². The minimum Gasteiger partial charge on any atom is -0.274 e. The average Bonchev–Trinajstić information content (AvgIpc) is 3.41. The van der Waals surface area contributed by atoms with E-state index in [2.05, 4.69) is 30.3 Å². The van der Waals surface area contributed by atoms with Gasteiger partial charge in [-0.05, 0) is 85.9 Å². The molecule has 0 saturated heterocycles. The number of hydrogen-bond acceptors (Lipinski definition) is 4. The van der Waals surface area contributed by atoms with Crippen LogP contribution in [0.4, 0.5) is 0 Å². The number of nitrogens with zero attached hydrogens (tertiary/aromatic N) is 3. The number of imide groups is 1. The molecule has 2 aromatic heterocycles. The Balaban J connectivity index is 1.38. The number of amides is 2. The van der Waals surface area contributed by atoms with Gasteiger partial charge in [-0.3, -0.25) is 23.7 Å². The lowest BCUT2D eigenvalue weighted by molar-refractivity contribution is 0.0611. The first-order valence-electron chi connectivity index (χ1n) is 14.6. The van der Waals surface area contributed by atoms with Gasteiger partial charge < -0.3 is 0 Å². The number of carbonyl (C=O) groups excluding carboxylic acids is 2. The van der Waals surface area contributed by atoms with Gasteiger partial charge in [-0.1, -0.05) is 55.5 Å². The molecule has 202 valence electrons. The van der Waals surface area contributed by atoms with E-state index < -0.39 is 0 Å². The lowest BCUT2D eigenvalue weighted by Crippen LogP contribution is -2.40. The molecule has 43 heavy (non-hydrogen) atoms. The van der Waals surface area contributed by atoms with Crippen molar-refractivity contribution in [2.24, 2.45) is 0 Å². The number of hydrogen-bond donors (Lipinski definition) is 0. The van der Waals surface area contributed by atoms with Crippen LogP contribution in [0.25, 0.3) is 81.3 Å². The quantitative estimate of drug-likeness (QED) is 0.125. The maximum absolute atomic E-state index is 14.2. The summed E-state index contributed by atoms with van der Waals surface area (Å²) in [5, 5.41) is 11.2. The Morgan fingerprint density at radius 3 is 1.79 bits per heavy atom. The molecule has 0 saturated carbocycles. The maximum Gasteiger partial charge on any atom is 0.264 e. The molecule has 6 heteroatoms. The Bertz CT molecular complexity index is 2740. The van der Waals surface area contributed by atoms with Crippen LogP contribution in [0.5, 0.6) is 0 Å². The van der Waals surface area contributed by atoms with Crippen molar-refractivity contribution < 1.29 is 9.59 Å². The molecule has 9 aromatic rings. The predicted molar refractivity (Wildman–Crippen MR) is 172 cm³/mol. The number of aromatic nitrogens is 2. The molecule has 0 fully saturated rings. The normalized spacial score (nSPS) is 14.0. The van der Waals surface area contributed by atoms with Gasteiger partial charge in [0.2, 0.25) is 0 Å². The summed E-state index contributed by atoms with van der Waals surface area (Å²) in [6.45, 7) is 2.36. The van der Waals surface area contributed by atoms with E-state index in [0.717, 1.165) is 70.3 Å². The smallest absolute Gasteiger partial charge is 0.264 e. The molecule has 0 radical (unpaired) electrons. The summed E-state index contributed by atoms with van der Waals surface area (Å²) in [4.78, 5) is 47.5. The monoisotopic (exact) mass is 555 g/mol. The first-order chi connectivity index (χ1) is 21.0. The van der Waals surface area contributed by atoms with Crippen LogP contribution in [0.1, 0.15) is 34.1 Å². The van der Waals surface area contributed by atoms with Crippen molar-refractivity contribution in [1.29, 1.82) is 0 Å². The fourth-order valence-corrected chi connectivity index (χ4v) is 7.69. The van der Waals surface area contributed by atoms with E-state index in [1.54, 1.807) is 4.40 Å². The van der Waals surface area contributed by atoms with E-state index in [-0.39, 0.29) is 17.4 Å². The van der Waals surface area contributed by atoms with E-state index in [4.69, 9.17) is 4.98 Å². The standard InChI is InChI=1S/C37H21N3O3/c1-2-15-39-35(41)25-12-8-22-20-7-11-24-32-27(14-10-21(30(20)32)23-9-13-26(36(39)42)33(25)31(22)23)37(43)40-29-17-19-6-4-3-5-18(19)16-28(29)38-34(24)40/h3-14,16-17H,2,15H2,1H3. The van der Waals surface area contributed by atoms with Crippen molar-refractivity contribution >= 4 is 93.1 Å². The lowest BCUT2D eigenvalue weighted by Gasteiger charge is -2.28. The summed E-state index contributed by atoms with van der Waals surface area (Å²) >= 11 is 0. The molecule has 6 nitrogen and oxygen atoms in total. The van der Waals surface area contributed by atoms with E-state index >= 15 is 0 Å². The topological polar surface area (TPSA) is 71.8 Å². The third-order valence-corrected chi connectivity index (χ3v) is 9.50. The zero-order valence-electron chi connectivity index (χ0n) is 23.1. The molecule has 0 spiro atoms. The molecule has 2 amide bonds. The number of benzene rings is 7. The Labute approximate surface area is 243 Å². The number of pyridine rings is 1. The van der Waals surface area contributed by atoms with Crippen LogP contribution in [0.15, 0.2) is 89.7 Å². The fraction of sp³-hybridized carbons (Fsp3) is 0.0811. The molecule has 7 aromatic carbocycles. The van der Waals surface area contributed by atoms with E-state index in [9.17, 15) is 14.4 Å². The van der Waals surface area contributed by atoms with Crippen LogP contribution in [-0.4, -0.2) is 32.6 Å². The van der Waals surface area contributed by atoms with Crippen LogP contribution >= 0.6 is 0 Å². The molecule has 0 bridgehead atoms. The summed E-state index contributed by atoms with van der Waals surface area (Å²) in [5.74, 6) is -0.479. The Morgan fingerprint density at radius 2 is 1.14 bits per heavy atom. The Hall–Kier alpha value is -5.62. The first-order valence-corrected chi connectivity index (χ1v) is 14.6. The highest BCUT2D eigenvalue weighted by molar-refractivity contribution is 6.41. The zero-order valence-corrected chi connectivity index (χ0v) is 23.1. The molecular weight excluding hydrogens is 534 g/mol. The maximum atomic E-state index is 14.2. The van der Waals surface area contributed by atoms with Gasteiger partial charge >= 0.3 is 0 Å². The molecule has 1 aliphatic heterocycles. The molecule has 10 rings (SSSR count). The largest absolute Gasteiger partial charge is 0.274 e. The van der Waals surface area contributed by atoms with Crippen molar-refractivity contribution in [3.05, 3.63) is 106 Å². The van der Waals surface area contributed by atoms with E-state index in [1.807, 2.05) is 61.5 Å². The second-order valence-electron chi connectivity index (χ2n) is 11.7. The van der Waals surface area contributed by atoms with Crippen molar-refractivity contribution in [2.75, 3.05) is 6.54 Å². The average molecular weight is 556 g/mol. The van der Waals surface area contributed by atoms with Crippen LogP contribution < -0.4 is 5.56 Å². The van der Waals surface area contributed by atoms with Gasteiger partial charge in [0.1, 0.15) is 5.65 Å². The summed E-state index contributed by atoms with van der Waals surface area (Å²) in [6, 6.07) is 28.0. The van der Waals surface area contributed by atoms with Crippen molar-refractivity contribution in [3.63, 3.8) is 0 Å². The summed E-state index contributed by atoms with van der Waals surface area (Å²) in [6.07, 6.45) is 0.703. The first kappa shape index (κ1) is 23.0. The second-order valence-corrected chi connectivity index (χ2v) is 11.7. The third-order valence-electron chi connectivity index (χ3n) is 9.50. The van der Waals surface area contributed by atoms with Crippen LogP contribution in [0, 0.1) is 0 Å². The fourth-order valence-electron chi connectivity index (χ4n) is 7.69. The van der Waals surface area contributed by atoms with Gasteiger partial charge in [0.25, 0.3) is 17.4 Å². The third kappa shape index (κ3) is 2.61. The SMILES string of the molecule is CCCN1C(=O)c2ccc3c4ccc5c(=O)n6c7cc8ccccc8cc7nc6c6ccc(c7ccc(c2c37)C1=O)c4c56. The van der Waals surface area contributed by atoms with Gasteiger partial charge in [-0.2, -0.15) is 0 Å². The minimum absolute atomic E-state index is 0.0905. The molecule has 0 N–H and O–H groups in total. The zero-order chi connectivity index (χ0) is 28.7. The Kier molecular flexibility index (Phi) is 4.07. The van der Waals surface area contributed by atoms with Crippen molar-refractivity contribution in [1.82, 2.24) is 14.3 Å². The van der Waals surface area contributed by atoms with Gasteiger partial charge in [0.15, 0.2) is 0 Å². The van der Waals surface area contributed by atoms with Gasteiger partial charge in [0.05, 0.1) is 11.0 Å². The number of fused-ring (bicyclic) bond motifs is 7. The molecule has 1 aliphatic rings. The van der Waals surface area contributed by atoms with Crippen LogP contribution in [-0.2, 0) is 0 Å². The predicted octanol–water partition coefficient (Wildman–Crippen LogP) is 7.65. The van der Waals surface area contributed by atoms with Gasteiger partial charge in [-0.25, -0.2) is 4.98 Å². The van der Waals surface area contributed by atoms with Crippen molar-refractivity contribution in [2.45, 2.75) is 13.3 Å². The van der Waals surface area contributed by atoms with Crippen LogP contribution in [0.3, 0.4) is 0 Å². The Morgan fingerprint density at radius 1 is 0.605 bits per heavy atom. The highest BCUT2D eigenvalue weighted by Gasteiger charge is 2.34. The van der Waals surface area contributed by atoms with E-state index in [0.29, 0.717) is 35.1 Å². The second kappa shape index (κ2) is 7.61. The highest BCUT2D eigenvalue weighted by Crippen LogP contribution is 2.46. The minimum atomic E-state index is -0.240. The number of carbonyl (C=O) groups is 2. The summed E-state index contributed by atoms with van der Waals surface area (Å²) < 4.78 is 1.75. The molecular formula is C37H21N3O3. The summed E-state index contributed by atoms with van der Waals surface area (Å²) in [7, 11) is 0.